The van der Waals surface area contributed by atoms with Gasteiger partial charge in [0, 0.05) is 23.5 Å². The first kappa shape index (κ1) is 17.4. The summed E-state index contributed by atoms with van der Waals surface area (Å²) in [6.45, 7) is 6.50. The quantitative estimate of drug-likeness (QED) is 0.839. The molecule has 1 aliphatic heterocycles. The van der Waals surface area contributed by atoms with Crippen LogP contribution in [0.15, 0.2) is 28.7 Å². The van der Waals surface area contributed by atoms with Gasteiger partial charge in [-0.15, -0.1) is 0 Å². The Morgan fingerprint density at radius 1 is 1.32 bits per heavy atom. The van der Waals surface area contributed by atoms with E-state index in [-0.39, 0.29) is 11.3 Å². The van der Waals surface area contributed by atoms with Crippen LogP contribution in [0, 0.1) is 0 Å². The van der Waals surface area contributed by atoms with Gasteiger partial charge in [-0.25, -0.2) is 0 Å². The molecular formula is C17H25BrN2O2. The number of hydrogen-bond donors (Lipinski definition) is 2. The Morgan fingerprint density at radius 3 is 2.45 bits per heavy atom. The van der Waals surface area contributed by atoms with Gasteiger partial charge < -0.3 is 15.4 Å². The first-order valence-corrected chi connectivity index (χ1v) is 8.49. The molecule has 0 aliphatic carbocycles. The number of rotatable bonds is 5. The van der Waals surface area contributed by atoms with E-state index >= 15 is 0 Å². The highest BCUT2D eigenvalue weighted by Crippen LogP contribution is 2.26. The monoisotopic (exact) mass is 368 g/mol. The molecule has 1 aromatic carbocycles. The smallest absolute Gasteiger partial charge is 0.252 e. The standard InChI is InChI=1S/C17H25BrN2O2/c1-16(2,13-4-6-14(18)7-5-13)12-20-15(21)17(22-3)8-10-19-11-9-17/h4-7,19H,8-12H2,1-3H3,(H,20,21). The molecule has 2 rings (SSSR count). The summed E-state index contributed by atoms with van der Waals surface area (Å²) in [5.74, 6) is 0.00156. The van der Waals surface area contributed by atoms with Gasteiger partial charge in [-0.1, -0.05) is 41.9 Å². The molecule has 0 aromatic heterocycles. The second kappa shape index (κ2) is 7.11. The van der Waals surface area contributed by atoms with Crippen molar-refractivity contribution in [3.63, 3.8) is 0 Å². The predicted octanol–water partition coefficient (Wildman–Crippen LogP) is 2.61. The Kier molecular flexibility index (Phi) is 5.64. The van der Waals surface area contributed by atoms with Crippen LogP contribution in [0.5, 0.6) is 0 Å². The number of halogens is 1. The van der Waals surface area contributed by atoms with Crippen molar-refractivity contribution >= 4 is 21.8 Å². The van der Waals surface area contributed by atoms with Gasteiger partial charge in [-0.3, -0.25) is 4.79 Å². The molecule has 1 aromatic rings. The molecule has 0 saturated carbocycles. The zero-order chi connectivity index (χ0) is 16.2. The number of amides is 1. The molecule has 0 spiro atoms. The summed E-state index contributed by atoms with van der Waals surface area (Å²) in [5, 5.41) is 6.36. The second-order valence-electron chi connectivity index (χ2n) is 6.52. The van der Waals surface area contributed by atoms with E-state index in [2.05, 4.69) is 52.5 Å². The van der Waals surface area contributed by atoms with E-state index in [1.54, 1.807) is 7.11 Å². The molecule has 1 aliphatic rings. The van der Waals surface area contributed by atoms with Crippen molar-refractivity contribution in [3.8, 4) is 0 Å². The minimum atomic E-state index is -0.680. The van der Waals surface area contributed by atoms with Crippen LogP contribution in [0.3, 0.4) is 0 Å². The van der Waals surface area contributed by atoms with Crippen molar-refractivity contribution < 1.29 is 9.53 Å². The topological polar surface area (TPSA) is 50.4 Å². The van der Waals surface area contributed by atoms with Gasteiger partial charge in [-0.2, -0.15) is 0 Å². The molecule has 1 amide bonds. The predicted molar refractivity (Wildman–Crippen MR) is 92.0 cm³/mol. The van der Waals surface area contributed by atoms with E-state index in [1.807, 2.05) is 12.1 Å². The van der Waals surface area contributed by atoms with Crippen LogP contribution in [0.1, 0.15) is 32.3 Å². The minimum absolute atomic E-state index is 0.00156. The van der Waals surface area contributed by atoms with E-state index in [0.29, 0.717) is 19.4 Å². The van der Waals surface area contributed by atoms with Gasteiger partial charge in [-0.05, 0) is 43.6 Å². The maximum absolute atomic E-state index is 12.6. The first-order chi connectivity index (χ1) is 10.4. The molecule has 122 valence electrons. The van der Waals surface area contributed by atoms with E-state index in [1.165, 1.54) is 5.56 Å². The summed E-state index contributed by atoms with van der Waals surface area (Å²) >= 11 is 3.45. The molecule has 5 heteroatoms. The third kappa shape index (κ3) is 3.89. The van der Waals surface area contributed by atoms with Crippen LogP contribution in [-0.4, -0.2) is 38.3 Å². The lowest BCUT2D eigenvalue weighted by atomic mass is 9.84. The average Bonchev–Trinajstić information content (AvgIpc) is 2.53. The van der Waals surface area contributed by atoms with Gasteiger partial charge in [0.2, 0.25) is 0 Å². The third-order valence-corrected chi connectivity index (χ3v) is 5.06. The SMILES string of the molecule is COC1(C(=O)NCC(C)(C)c2ccc(Br)cc2)CCNCC1. The van der Waals surface area contributed by atoms with Crippen LogP contribution in [-0.2, 0) is 14.9 Å². The summed E-state index contributed by atoms with van der Waals surface area (Å²) in [7, 11) is 1.63. The number of nitrogens with one attached hydrogen (secondary N) is 2. The number of hydrogen-bond acceptors (Lipinski definition) is 3. The molecule has 0 bridgehead atoms. The first-order valence-electron chi connectivity index (χ1n) is 7.70. The maximum Gasteiger partial charge on any atom is 0.252 e. The van der Waals surface area contributed by atoms with Gasteiger partial charge in [0.05, 0.1) is 0 Å². The van der Waals surface area contributed by atoms with Gasteiger partial charge in [0.15, 0.2) is 0 Å². The van der Waals surface area contributed by atoms with Crippen molar-refractivity contribution in [1.29, 1.82) is 0 Å². The fourth-order valence-corrected chi connectivity index (χ4v) is 3.08. The Bertz CT molecular complexity index is 508. The highest BCUT2D eigenvalue weighted by atomic mass is 79.9. The largest absolute Gasteiger partial charge is 0.368 e. The van der Waals surface area contributed by atoms with Crippen LogP contribution >= 0.6 is 15.9 Å². The number of carbonyl (C=O) groups is 1. The zero-order valence-electron chi connectivity index (χ0n) is 13.5. The fourth-order valence-electron chi connectivity index (χ4n) is 2.82. The molecule has 0 atom stereocenters. The van der Waals surface area contributed by atoms with E-state index in [9.17, 15) is 4.79 Å². The van der Waals surface area contributed by atoms with Gasteiger partial charge in [0.1, 0.15) is 5.60 Å². The number of ether oxygens (including phenoxy) is 1. The molecule has 0 radical (unpaired) electrons. The highest BCUT2D eigenvalue weighted by Gasteiger charge is 2.40. The summed E-state index contributed by atoms with van der Waals surface area (Å²) in [6.07, 6.45) is 1.43. The Hall–Kier alpha value is -0.910. The van der Waals surface area contributed by atoms with Crippen molar-refractivity contribution in [3.05, 3.63) is 34.3 Å². The van der Waals surface area contributed by atoms with Gasteiger partial charge in [0.25, 0.3) is 5.91 Å². The van der Waals surface area contributed by atoms with E-state index < -0.39 is 5.60 Å². The number of carbonyl (C=O) groups excluding carboxylic acids is 1. The molecule has 22 heavy (non-hydrogen) atoms. The lowest BCUT2D eigenvalue weighted by Gasteiger charge is -2.36. The molecule has 4 nitrogen and oxygen atoms in total. The maximum atomic E-state index is 12.6. The molecule has 1 fully saturated rings. The fraction of sp³-hybridized carbons (Fsp3) is 0.588. The second-order valence-corrected chi connectivity index (χ2v) is 7.44. The third-order valence-electron chi connectivity index (χ3n) is 4.53. The van der Waals surface area contributed by atoms with Gasteiger partial charge >= 0.3 is 0 Å². The normalized spacial score (nSPS) is 18.0. The van der Waals surface area contributed by atoms with Crippen molar-refractivity contribution in [1.82, 2.24) is 10.6 Å². The van der Waals surface area contributed by atoms with Crippen LogP contribution in [0.4, 0.5) is 0 Å². The van der Waals surface area contributed by atoms with Crippen molar-refractivity contribution in [2.45, 2.75) is 37.7 Å². The molecule has 1 saturated heterocycles. The number of piperidine rings is 1. The Balaban J connectivity index is 2.01. The number of benzene rings is 1. The van der Waals surface area contributed by atoms with Crippen LogP contribution < -0.4 is 10.6 Å². The molecule has 2 N–H and O–H groups in total. The summed E-state index contributed by atoms with van der Waals surface area (Å²) in [5.41, 5.74) is 0.395. The Labute approximate surface area is 141 Å². The summed E-state index contributed by atoms with van der Waals surface area (Å²) in [6, 6.07) is 8.24. The summed E-state index contributed by atoms with van der Waals surface area (Å²) < 4.78 is 6.63. The van der Waals surface area contributed by atoms with E-state index in [0.717, 1.165) is 17.6 Å². The van der Waals surface area contributed by atoms with Crippen molar-refractivity contribution in [2.24, 2.45) is 0 Å². The minimum Gasteiger partial charge on any atom is -0.368 e. The molecule has 0 unspecified atom stereocenters. The average molecular weight is 369 g/mol. The van der Waals surface area contributed by atoms with Crippen LogP contribution in [0.2, 0.25) is 0 Å². The highest BCUT2D eigenvalue weighted by molar-refractivity contribution is 9.10. The number of methoxy groups -OCH3 is 1. The lowest BCUT2D eigenvalue weighted by Crippen LogP contribution is -2.55. The van der Waals surface area contributed by atoms with Crippen molar-refractivity contribution in [2.75, 3.05) is 26.7 Å². The van der Waals surface area contributed by atoms with E-state index in [4.69, 9.17) is 4.74 Å². The molecule has 1 heterocycles. The van der Waals surface area contributed by atoms with Crippen LogP contribution in [0.25, 0.3) is 0 Å². The Morgan fingerprint density at radius 2 is 1.91 bits per heavy atom. The molecular weight excluding hydrogens is 344 g/mol. The zero-order valence-corrected chi connectivity index (χ0v) is 15.1. The summed E-state index contributed by atoms with van der Waals surface area (Å²) in [4.78, 5) is 12.6. The lowest BCUT2D eigenvalue weighted by molar-refractivity contribution is -0.146.